The van der Waals surface area contributed by atoms with Crippen LogP contribution in [0.1, 0.15) is 12.5 Å². The molecule has 4 nitrogen and oxygen atoms in total. The highest BCUT2D eigenvalue weighted by molar-refractivity contribution is 5.79. The molecule has 98 valence electrons. The van der Waals surface area contributed by atoms with E-state index < -0.39 is 0 Å². The Morgan fingerprint density at radius 3 is 3.17 bits per heavy atom. The highest BCUT2D eigenvalue weighted by Gasteiger charge is 2.26. The number of rotatable bonds is 3. The summed E-state index contributed by atoms with van der Waals surface area (Å²) in [6, 6.07) is 4.03. The minimum atomic E-state index is -0.340. The first-order valence-electron chi connectivity index (χ1n) is 5.92. The van der Waals surface area contributed by atoms with Crippen LogP contribution in [-0.4, -0.2) is 30.3 Å². The first-order chi connectivity index (χ1) is 8.60. The fraction of sp³-hybridized carbons (Fsp3) is 0.462. The first-order valence-corrected chi connectivity index (χ1v) is 5.92. The van der Waals surface area contributed by atoms with Crippen LogP contribution >= 0.6 is 0 Å². The Bertz CT molecular complexity index is 450. The van der Waals surface area contributed by atoms with Gasteiger partial charge in [-0.15, -0.1) is 0 Å². The smallest absolute Gasteiger partial charge is 0.227 e. The zero-order valence-corrected chi connectivity index (χ0v) is 10.1. The van der Waals surface area contributed by atoms with E-state index in [2.05, 4.69) is 5.32 Å². The second-order valence-corrected chi connectivity index (χ2v) is 4.56. The standard InChI is InChI=1S/C13H16FNO3/c1-8(6-16)15-13(17)10-4-9-5-11(14)2-3-12(9)18-7-10/h2-3,5,8,10,16H,4,6-7H2,1H3,(H,15,17). The number of carbonyl (C=O) groups is 1. The van der Waals surface area contributed by atoms with Crippen molar-refractivity contribution in [3.8, 4) is 5.75 Å². The average molecular weight is 253 g/mol. The molecule has 0 fully saturated rings. The van der Waals surface area contributed by atoms with Crippen molar-refractivity contribution in [1.29, 1.82) is 0 Å². The van der Waals surface area contributed by atoms with Gasteiger partial charge in [0.2, 0.25) is 5.91 Å². The number of ether oxygens (including phenoxy) is 1. The Labute approximate surface area is 105 Å². The van der Waals surface area contributed by atoms with Gasteiger partial charge in [0.1, 0.15) is 18.2 Å². The van der Waals surface area contributed by atoms with E-state index in [1.165, 1.54) is 12.1 Å². The van der Waals surface area contributed by atoms with Crippen LogP contribution in [0, 0.1) is 11.7 Å². The topological polar surface area (TPSA) is 58.6 Å². The minimum Gasteiger partial charge on any atom is -0.492 e. The second kappa shape index (κ2) is 5.35. The van der Waals surface area contributed by atoms with Crippen molar-refractivity contribution in [3.05, 3.63) is 29.6 Å². The summed E-state index contributed by atoms with van der Waals surface area (Å²) in [5.74, 6) is -0.211. The molecule has 1 aliphatic heterocycles. The molecular weight excluding hydrogens is 237 g/mol. The summed E-state index contributed by atoms with van der Waals surface area (Å²) in [6.07, 6.45) is 0.455. The van der Waals surface area contributed by atoms with E-state index in [-0.39, 0.29) is 36.9 Å². The van der Waals surface area contributed by atoms with E-state index >= 15 is 0 Å². The minimum absolute atomic E-state index is 0.107. The molecule has 2 rings (SSSR count). The van der Waals surface area contributed by atoms with Gasteiger partial charge in [0, 0.05) is 6.04 Å². The largest absolute Gasteiger partial charge is 0.492 e. The van der Waals surface area contributed by atoms with Crippen LogP contribution in [-0.2, 0) is 11.2 Å². The van der Waals surface area contributed by atoms with Crippen LogP contribution in [0.4, 0.5) is 4.39 Å². The fourth-order valence-corrected chi connectivity index (χ4v) is 1.94. The summed E-state index contributed by atoms with van der Waals surface area (Å²) < 4.78 is 18.5. The quantitative estimate of drug-likeness (QED) is 0.840. The summed E-state index contributed by atoms with van der Waals surface area (Å²) in [5, 5.41) is 11.6. The van der Waals surface area contributed by atoms with Gasteiger partial charge in [0.05, 0.1) is 12.5 Å². The molecule has 0 radical (unpaired) electrons. The van der Waals surface area contributed by atoms with Crippen molar-refractivity contribution in [3.63, 3.8) is 0 Å². The lowest BCUT2D eigenvalue weighted by Gasteiger charge is -2.25. The molecule has 0 aliphatic carbocycles. The van der Waals surface area contributed by atoms with Crippen LogP contribution in [0.15, 0.2) is 18.2 Å². The average Bonchev–Trinajstić information content (AvgIpc) is 2.37. The van der Waals surface area contributed by atoms with Crippen molar-refractivity contribution < 1.29 is 19.0 Å². The molecule has 1 aromatic rings. The van der Waals surface area contributed by atoms with Crippen molar-refractivity contribution in [1.82, 2.24) is 5.32 Å². The van der Waals surface area contributed by atoms with Crippen molar-refractivity contribution in [2.75, 3.05) is 13.2 Å². The molecule has 0 spiro atoms. The molecule has 0 bridgehead atoms. The molecule has 1 aliphatic rings. The molecule has 18 heavy (non-hydrogen) atoms. The van der Waals surface area contributed by atoms with E-state index in [0.29, 0.717) is 17.7 Å². The summed E-state index contributed by atoms with van der Waals surface area (Å²) in [6.45, 7) is 1.89. The van der Waals surface area contributed by atoms with Gasteiger partial charge in [-0.3, -0.25) is 4.79 Å². The monoisotopic (exact) mass is 253 g/mol. The van der Waals surface area contributed by atoms with Gasteiger partial charge >= 0.3 is 0 Å². The molecule has 0 saturated carbocycles. The Morgan fingerprint density at radius 2 is 2.44 bits per heavy atom. The van der Waals surface area contributed by atoms with Gasteiger partial charge in [-0.25, -0.2) is 4.39 Å². The third-order valence-electron chi connectivity index (χ3n) is 2.96. The Hall–Kier alpha value is -1.62. The van der Waals surface area contributed by atoms with Gasteiger partial charge in [-0.1, -0.05) is 0 Å². The van der Waals surface area contributed by atoms with Crippen LogP contribution in [0.5, 0.6) is 5.75 Å². The molecular formula is C13H16FNO3. The maximum Gasteiger partial charge on any atom is 0.227 e. The lowest BCUT2D eigenvalue weighted by Crippen LogP contribution is -2.42. The van der Waals surface area contributed by atoms with Gasteiger partial charge in [-0.2, -0.15) is 0 Å². The van der Waals surface area contributed by atoms with E-state index in [1.54, 1.807) is 13.0 Å². The van der Waals surface area contributed by atoms with Crippen LogP contribution < -0.4 is 10.1 Å². The van der Waals surface area contributed by atoms with Crippen LogP contribution in [0.25, 0.3) is 0 Å². The number of nitrogens with one attached hydrogen (secondary N) is 1. The molecule has 2 N–H and O–H groups in total. The number of halogens is 1. The van der Waals surface area contributed by atoms with E-state index in [9.17, 15) is 9.18 Å². The zero-order chi connectivity index (χ0) is 13.1. The number of aliphatic hydroxyl groups excluding tert-OH is 1. The molecule has 0 aromatic heterocycles. The van der Waals surface area contributed by atoms with E-state index in [4.69, 9.17) is 9.84 Å². The fourth-order valence-electron chi connectivity index (χ4n) is 1.94. The molecule has 1 amide bonds. The number of hydrogen-bond donors (Lipinski definition) is 2. The maximum atomic E-state index is 13.1. The van der Waals surface area contributed by atoms with Gasteiger partial charge in [-0.05, 0) is 37.1 Å². The highest BCUT2D eigenvalue weighted by Crippen LogP contribution is 2.27. The Kier molecular flexibility index (Phi) is 3.81. The lowest BCUT2D eigenvalue weighted by molar-refractivity contribution is -0.127. The number of amides is 1. The van der Waals surface area contributed by atoms with Crippen molar-refractivity contribution in [2.24, 2.45) is 5.92 Å². The predicted molar refractivity (Wildman–Crippen MR) is 63.8 cm³/mol. The molecule has 1 heterocycles. The van der Waals surface area contributed by atoms with Gasteiger partial charge < -0.3 is 15.2 Å². The number of carbonyl (C=O) groups excluding carboxylic acids is 1. The van der Waals surface area contributed by atoms with Crippen LogP contribution in [0.3, 0.4) is 0 Å². The van der Waals surface area contributed by atoms with Crippen molar-refractivity contribution in [2.45, 2.75) is 19.4 Å². The lowest BCUT2D eigenvalue weighted by atomic mass is 9.95. The second-order valence-electron chi connectivity index (χ2n) is 4.56. The van der Waals surface area contributed by atoms with E-state index in [0.717, 1.165) is 0 Å². The summed E-state index contributed by atoms with van der Waals surface area (Å²) >= 11 is 0. The summed E-state index contributed by atoms with van der Waals surface area (Å²) in [5.41, 5.74) is 0.707. The number of aliphatic hydroxyl groups is 1. The zero-order valence-electron chi connectivity index (χ0n) is 10.1. The number of benzene rings is 1. The van der Waals surface area contributed by atoms with Crippen LogP contribution in [0.2, 0.25) is 0 Å². The highest BCUT2D eigenvalue weighted by atomic mass is 19.1. The first kappa shape index (κ1) is 12.8. The Morgan fingerprint density at radius 1 is 1.67 bits per heavy atom. The molecule has 1 aromatic carbocycles. The third kappa shape index (κ3) is 2.79. The maximum absolute atomic E-state index is 13.1. The molecule has 0 saturated heterocycles. The normalized spacial score (nSPS) is 19.6. The number of hydrogen-bond acceptors (Lipinski definition) is 3. The predicted octanol–water partition coefficient (Wildman–Crippen LogP) is 0.874. The molecule has 2 unspecified atom stereocenters. The van der Waals surface area contributed by atoms with Gasteiger partial charge in [0.25, 0.3) is 0 Å². The molecule has 2 atom stereocenters. The SMILES string of the molecule is CC(CO)NC(=O)C1COc2ccc(F)cc2C1. The van der Waals surface area contributed by atoms with E-state index in [1.807, 2.05) is 0 Å². The third-order valence-corrected chi connectivity index (χ3v) is 2.96. The Balaban J connectivity index is 2.05. The van der Waals surface area contributed by atoms with Crippen molar-refractivity contribution >= 4 is 5.91 Å². The number of fused-ring (bicyclic) bond motifs is 1. The van der Waals surface area contributed by atoms with Gasteiger partial charge in [0.15, 0.2) is 0 Å². The summed E-state index contributed by atoms with van der Waals surface area (Å²) in [4.78, 5) is 11.9. The summed E-state index contributed by atoms with van der Waals surface area (Å²) in [7, 11) is 0. The molecule has 5 heteroatoms.